The summed E-state index contributed by atoms with van der Waals surface area (Å²) < 4.78 is 95.3. The normalized spacial score (nSPS) is 18.1. The molecule has 31 heavy (non-hydrogen) atoms. The molecule has 1 atom stereocenters. The molecule has 2 aromatic carbocycles. The minimum atomic E-state index is -4.93. The van der Waals surface area contributed by atoms with Gasteiger partial charge in [0, 0.05) is 18.2 Å². The van der Waals surface area contributed by atoms with Crippen LogP contribution >= 0.6 is 0 Å². The highest BCUT2D eigenvalue weighted by Crippen LogP contribution is 2.53. The smallest absolute Gasteiger partial charge is 0.367 e. The number of benzene rings is 2. The van der Waals surface area contributed by atoms with Gasteiger partial charge in [-0.05, 0) is 23.3 Å². The number of rotatable bonds is 2. The molecule has 0 saturated carbocycles. The number of likely N-dealkylation sites (N-methyl/N-ethyl adjacent to an activating group) is 1. The Morgan fingerprint density at radius 1 is 1.10 bits per heavy atom. The second-order valence-electron chi connectivity index (χ2n) is 7.45. The van der Waals surface area contributed by atoms with Gasteiger partial charge in [-0.25, -0.2) is 4.39 Å². The second kappa shape index (κ2) is 7.00. The molecule has 0 radical (unpaired) electrons. The van der Waals surface area contributed by atoms with Crippen LogP contribution in [0, 0.1) is 5.82 Å². The summed E-state index contributed by atoms with van der Waals surface area (Å²) in [5, 5.41) is 2.24. The quantitative estimate of drug-likeness (QED) is 0.595. The topological polar surface area (TPSA) is 32.3 Å². The molecule has 10 heteroatoms. The van der Waals surface area contributed by atoms with Crippen LogP contribution in [0.4, 0.5) is 42.1 Å². The molecule has 0 bridgehead atoms. The van der Waals surface area contributed by atoms with Crippen molar-refractivity contribution in [1.82, 2.24) is 0 Å². The van der Waals surface area contributed by atoms with Crippen LogP contribution in [0.3, 0.4) is 0 Å². The van der Waals surface area contributed by atoms with Gasteiger partial charge in [-0.15, -0.1) is 0 Å². The highest BCUT2D eigenvalue weighted by molar-refractivity contribution is 6.07. The zero-order valence-corrected chi connectivity index (χ0v) is 16.0. The largest absolute Gasteiger partial charge is 0.419 e. The van der Waals surface area contributed by atoms with Crippen molar-refractivity contribution in [2.24, 2.45) is 0 Å². The molecule has 0 spiro atoms. The number of anilines is 2. The maximum absolute atomic E-state index is 14.2. The number of fused-ring (bicyclic) bond motifs is 3. The van der Waals surface area contributed by atoms with E-state index in [0.29, 0.717) is 0 Å². The first-order valence-electron chi connectivity index (χ1n) is 9.20. The number of nitrogens with one attached hydrogen (secondary N) is 1. The molecule has 2 aliphatic heterocycles. The van der Waals surface area contributed by atoms with Crippen LogP contribution in [-0.4, -0.2) is 25.2 Å². The van der Waals surface area contributed by atoms with E-state index < -0.39 is 53.4 Å². The molecule has 1 amide bonds. The zero-order chi connectivity index (χ0) is 22.7. The van der Waals surface area contributed by atoms with Crippen molar-refractivity contribution in [3.8, 4) is 11.1 Å². The number of carbonyl (C=O) groups excluding carboxylic acids is 1. The maximum atomic E-state index is 14.2. The third kappa shape index (κ3) is 3.75. The monoisotopic (exact) mass is 444 g/mol. The molecule has 0 saturated heterocycles. The van der Waals surface area contributed by atoms with Gasteiger partial charge in [-0.1, -0.05) is 24.3 Å². The van der Waals surface area contributed by atoms with Gasteiger partial charge in [0.05, 0.1) is 35.8 Å². The van der Waals surface area contributed by atoms with Crippen LogP contribution in [0.15, 0.2) is 30.3 Å². The van der Waals surface area contributed by atoms with Crippen LogP contribution in [0.5, 0.6) is 0 Å². The van der Waals surface area contributed by atoms with Crippen molar-refractivity contribution in [2.45, 2.75) is 31.2 Å². The average Bonchev–Trinajstić information content (AvgIpc) is 3.02. The Kier molecular flexibility index (Phi) is 4.79. The Morgan fingerprint density at radius 2 is 1.74 bits per heavy atom. The number of halogens is 7. The Morgan fingerprint density at radius 3 is 2.32 bits per heavy atom. The van der Waals surface area contributed by atoms with Crippen molar-refractivity contribution in [1.29, 1.82) is 0 Å². The minimum Gasteiger partial charge on any atom is -0.367 e. The molecule has 1 N–H and O–H groups in total. The molecule has 2 heterocycles. The molecule has 0 fully saturated rings. The lowest BCUT2D eigenvalue weighted by Gasteiger charge is -2.37. The van der Waals surface area contributed by atoms with Gasteiger partial charge in [0.2, 0.25) is 5.91 Å². The molecule has 3 nitrogen and oxygen atoms in total. The van der Waals surface area contributed by atoms with Crippen molar-refractivity contribution < 1.29 is 35.5 Å². The molecule has 1 unspecified atom stereocenters. The fourth-order valence-electron chi connectivity index (χ4n) is 4.14. The first-order chi connectivity index (χ1) is 14.4. The van der Waals surface area contributed by atoms with E-state index >= 15 is 0 Å². The predicted molar refractivity (Wildman–Crippen MR) is 101 cm³/mol. The van der Waals surface area contributed by atoms with E-state index in [0.717, 1.165) is 29.2 Å². The SMILES string of the molecule is CN1c2c(c3c(c(C(F)(F)F)c2-c2ccc(F)cc2)NC(=O)C3)C=CC1CC(F)(F)F. The Labute approximate surface area is 172 Å². The summed E-state index contributed by atoms with van der Waals surface area (Å²) in [6.45, 7) is 0. The average molecular weight is 444 g/mol. The summed E-state index contributed by atoms with van der Waals surface area (Å²) in [7, 11) is 1.28. The number of hydrogen-bond acceptors (Lipinski definition) is 2. The van der Waals surface area contributed by atoms with Crippen LogP contribution in [0.2, 0.25) is 0 Å². The first-order valence-corrected chi connectivity index (χ1v) is 9.20. The van der Waals surface area contributed by atoms with Crippen LogP contribution in [0.25, 0.3) is 17.2 Å². The van der Waals surface area contributed by atoms with Crippen molar-refractivity contribution in [2.75, 3.05) is 17.3 Å². The minimum absolute atomic E-state index is 0.0261. The number of amides is 1. The summed E-state index contributed by atoms with van der Waals surface area (Å²) in [5.41, 5.74) is -1.77. The van der Waals surface area contributed by atoms with E-state index in [9.17, 15) is 35.5 Å². The van der Waals surface area contributed by atoms with Crippen molar-refractivity contribution in [3.63, 3.8) is 0 Å². The Bertz CT molecular complexity index is 1090. The van der Waals surface area contributed by atoms with E-state index in [-0.39, 0.29) is 28.8 Å². The Balaban J connectivity index is 2.06. The number of nitrogens with zero attached hydrogens (tertiary/aromatic N) is 1. The molecule has 0 aromatic heterocycles. The molecule has 164 valence electrons. The fraction of sp³-hybridized carbons (Fsp3) is 0.286. The molecular weight excluding hydrogens is 429 g/mol. The number of hydrogen-bond donors (Lipinski definition) is 1. The van der Waals surface area contributed by atoms with Gasteiger partial charge in [0.25, 0.3) is 0 Å². The van der Waals surface area contributed by atoms with Gasteiger partial charge in [0.15, 0.2) is 0 Å². The van der Waals surface area contributed by atoms with Gasteiger partial charge < -0.3 is 10.2 Å². The molecular formula is C21H15F7N2O. The summed E-state index contributed by atoms with van der Waals surface area (Å²) in [6, 6.07) is 2.97. The highest BCUT2D eigenvalue weighted by Gasteiger charge is 2.45. The van der Waals surface area contributed by atoms with E-state index in [1.807, 2.05) is 0 Å². The molecule has 4 rings (SSSR count). The van der Waals surface area contributed by atoms with Crippen LogP contribution in [0.1, 0.15) is 23.1 Å². The lowest BCUT2D eigenvalue weighted by Crippen LogP contribution is -2.37. The van der Waals surface area contributed by atoms with E-state index in [2.05, 4.69) is 5.32 Å². The lowest BCUT2D eigenvalue weighted by molar-refractivity contribution is -0.137. The van der Waals surface area contributed by atoms with Gasteiger partial charge in [-0.3, -0.25) is 4.79 Å². The predicted octanol–water partition coefficient (Wildman–Crippen LogP) is 5.79. The summed E-state index contributed by atoms with van der Waals surface area (Å²) in [4.78, 5) is 13.1. The van der Waals surface area contributed by atoms with Gasteiger partial charge in [0.1, 0.15) is 5.82 Å². The summed E-state index contributed by atoms with van der Waals surface area (Å²) in [6.07, 6.45) is -8.47. The zero-order valence-electron chi connectivity index (χ0n) is 16.0. The first kappa shape index (κ1) is 21.2. The van der Waals surface area contributed by atoms with E-state index in [1.54, 1.807) is 0 Å². The van der Waals surface area contributed by atoms with E-state index in [1.165, 1.54) is 19.2 Å². The maximum Gasteiger partial charge on any atom is 0.419 e. The molecule has 0 aliphatic carbocycles. The second-order valence-corrected chi connectivity index (χ2v) is 7.45. The summed E-state index contributed by atoms with van der Waals surface area (Å²) >= 11 is 0. The highest BCUT2D eigenvalue weighted by atomic mass is 19.4. The van der Waals surface area contributed by atoms with Gasteiger partial charge >= 0.3 is 12.4 Å². The molecule has 2 aliphatic rings. The lowest BCUT2D eigenvalue weighted by atomic mass is 9.85. The van der Waals surface area contributed by atoms with Crippen LogP contribution in [-0.2, 0) is 17.4 Å². The third-order valence-corrected chi connectivity index (χ3v) is 5.41. The number of carbonyl (C=O) groups is 1. The molecule has 2 aromatic rings. The van der Waals surface area contributed by atoms with Crippen LogP contribution < -0.4 is 10.2 Å². The number of alkyl halides is 6. The Hall–Kier alpha value is -3.04. The van der Waals surface area contributed by atoms with Crippen molar-refractivity contribution in [3.05, 3.63) is 52.8 Å². The third-order valence-electron chi connectivity index (χ3n) is 5.41. The standard InChI is InChI=1S/C21H15F7N2O/c1-30-12(9-20(23,24)25)6-7-13-14-8-15(31)29-18(14)17(21(26,27)28)16(19(13)30)10-2-4-11(22)5-3-10/h2-7,12H,8-9H2,1H3,(H,29,31). The van der Waals surface area contributed by atoms with E-state index in [4.69, 9.17) is 0 Å². The summed E-state index contributed by atoms with van der Waals surface area (Å²) in [5.74, 6) is -1.32. The van der Waals surface area contributed by atoms with Gasteiger partial charge in [-0.2, -0.15) is 26.3 Å². The fourth-order valence-corrected chi connectivity index (χ4v) is 4.14. The van der Waals surface area contributed by atoms with Crippen molar-refractivity contribution >= 4 is 23.4 Å².